The second-order valence-corrected chi connectivity index (χ2v) is 15.6. The normalized spacial score (nSPS) is 15.9. The van der Waals surface area contributed by atoms with E-state index < -0.39 is 0 Å². The monoisotopic (exact) mass is 826 g/mol. The summed E-state index contributed by atoms with van der Waals surface area (Å²) >= 11 is 0. The van der Waals surface area contributed by atoms with Gasteiger partial charge in [0.05, 0.1) is 50.7 Å². The second kappa shape index (κ2) is 20.4. The summed E-state index contributed by atoms with van der Waals surface area (Å²) in [6.45, 7) is 8.82. The zero-order chi connectivity index (χ0) is 42.2. The average Bonchev–Trinajstić information content (AvgIpc) is 4.08. The van der Waals surface area contributed by atoms with E-state index in [0.717, 1.165) is 71.2 Å². The molecule has 0 spiro atoms. The van der Waals surface area contributed by atoms with E-state index in [-0.39, 0.29) is 43.0 Å². The first-order valence-corrected chi connectivity index (χ1v) is 20.8. The molecule has 2 aliphatic carbocycles. The van der Waals surface area contributed by atoms with Crippen LogP contribution in [0.1, 0.15) is 91.1 Å². The van der Waals surface area contributed by atoms with Crippen LogP contribution in [0.4, 0.5) is 0 Å². The van der Waals surface area contributed by atoms with Gasteiger partial charge in [0.15, 0.2) is 0 Å². The molecule has 2 aliphatic rings. The van der Waals surface area contributed by atoms with Crippen LogP contribution in [0.5, 0.6) is 11.5 Å². The maximum atomic E-state index is 11.9. The lowest BCUT2D eigenvalue weighted by atomic mass is 9.89. The highest BCUT2D eigenvalue weighted by Crippen LogP contribution is 2.41. The Morgan fingerprint density at radius 2 is 1.02 bits per heavy atom. The van der Waals surface area contributed by atoms with Crippen LogP contribution in [0, 0.1) is 25.7 Å². The number of nitrogens with zero attached hydrogens (tertiary/aromatic N) is 2. The topological polar surface area (TPSA) is 123 Å². The summed E-state index contributed by atoms with van der Waals surface area (Å²) < 4.78 is 33.5. The maximum absolute atomic E-state index is 11.9. The summed E-state index contributed by atoms with van der Waals surface area (Å²) in [5.41, 5.74) is 8.78. The molecule has 0 unspecified atom stereocenters. The maximum Gasteiger partial charge on any atom is 0.308 e. The Hall–Kier alpha value is -6.16. The summed E-state index contributed by atoms with van der Waals surface area (Å²) in [4.78, 5) is 33.1. The van der Waals surface area contributed by atoms with Gasteiger partial charge in [-0.3, -0.25) is 9.59 Å². The molecule has 2 aromatic heterocycles. The first-order valence-electron chi connectivity index (χ1n) is 20.8. The minimum atomic E-state index is -0.147. The Balaban J connectivity index is 0.000000201. The van der Waals surface area contributed by atoms with Gasteiger partial charge in [0, 0.05) is 24.0 Å². The van der Waals surface area contributed by atoms with Crippen molar-refractivity contribution in [2.24, 2.45) is 11.8 Å². The molecule has 0 saturated heterocycles. The first kappa shape index (κ1) is 44.4. The Kier molecular flexibility index (Phi) is 14.8. The molecule has 4 atom stereocenters. The molecule has 10 heteroatoms. The van der Waals surface area contributed by atoms with Gasteiger partial charge in [0.2, 0.25) is 11.8 Å². The zero-order valence-electron chi connectivity index (χ0n) is 35.4. The van der Waals surface area contributed by atoms with Crippen molar-refractivity contribution in [2.45, 2.75) is 85.5 Å². The van der Waals surface area contributed by atoms with Crippen LogP contribution < -0.4 is 9.47 Å². The molecule has 8 rings (SSSR count). The van der Waals surface area contributed by atoms with Crippen molar-refractivity contribution in [2.75, 3.05) is 27.4 Å². The summed E-state index contributed by atoms with van der Waals surface area (Å²) in [7, 11) is 2.90. The van der Waals surface area contributed by atoms with Gasteiger partial charge in [-0.05, 0) is 122 Å². The molecule has 0 saturated carbocycles. The van der Waals surface area contributed by atoms with Gasteiger partial charge in [-0.1, -0.05) is 69.8 Å². The van der Waals surface area contributed by atoms with Crippen molar-refractivity contribution in [3.63, 3.8) is 0 Å². The highest BCUT2D eigenvalue weighted by molar-refractivity contribution is 5.74. The van der Waals surface area contributed by atoms with Crippen LogP contribution in [0.15, 0.2) is 106 Å². The largest absolute Gasteiger partial charge is 0.493 e. The Labute approximate surface area is 359 Å². The fourth-order valence-corrected chi connectivity index (χ4v) is 8.43. The lowest BCUT2D eigenvalue weighted by Crippen LogP contribution is -2.19. The minimum absolute atomic E-state index is 0. The molecular weight excluding hydrogens is 769 g/mol. The van der Waals surface area contributed by atoms with E-state index >= 15 is 0 Å². The molecule has 0 amide bonds. The molecule has 0 radical (unpaired) electrons. The van der Waals surface area contributed by atoms with Gasteiger partial charge >= 0.3 is 11.9 Å². The van der Waals surface area contributed by atoms with Gasteiger partial charge in [0.1, 0.15) is 23.0 Å². The minimum Gasteiger partial charge on any atom is -0.493 e. The van der Waals surface area contributed by atoms with Gasteiger partial charge in [-0.15, -0.1) is 0 Å². The number of esters is 2. The fourth-order valence-electron chi connectivity index (χ4n) is 8.43. The zero-order valence-corrected chi connectivity index (χ0v) is 35.4. The number of fused-ring (bicyclic) bond motifs is 2. The quantitative estimate of drug-likeness (QED) is 0.0981. The van der Waals surface area contributed by atoms with Crippen molar-refractivity contribution in [3.05, 3.63) is 142 Å². The summed E-state index contributed by atoms with van der Waals surface area (Å²) in [6.07, 6.45) is 5.22. The van der Waals surface area contributed by atoms with Crippen molar-refractivity contribution < 1.29 is 37.4 Å². The standard InChI is InChI=1S/2C25H27NO4.CH4/c2*1-16(25(27)28-3)21-11-9-19-15-20(10-12-22(19)21)29-14-13-23-17(2)30-24(26-23)18-7-5-4-6-8-18;/h2*4-8,10,12,15-16,21H,9,11,13-14H2,1-3H3;1H4/t2*16-,21-;/m10./s1. The van der Waals surface area contributed by atoms with Crippen LogP contribution in [-0.2, 0) is 44.7 Å². The number of rotatable bonds is 14. The third-order valence-corrected chi connectivity index (χ3v) is 11.9. The van der Waals surface area contributed by atoms with E-state index in [1.165, 1.54) is 36.5 Å². The number of carbonyl (C=O) groups excluding carboxylic acids is 2. The third-order valence-electron chi connectivity index (χ3n) is 11.9. The van der Waals surface area contributed by atoms with E-state index in [9.17, 15) is 9.59 Å². The molecular formula is C51H58N2O8. The van der Waals surface area contributed by atoms with E-state index in [2.05, 4.69) is 34.2 Å². The summed E-state index contributed by atoms with van der Waals surface area (Å²) in [5, 5.41) is 0. The van der Waals surface area contributed by atoms with Crippen molar-refractivity contribution >= 4 is 11.9 Å². The van der Waals surface area contributed by atoms with Gasteiger partial charge < -0.3 is 27.8 Å². The number of aryl methyl sites for hydroxylation is 4. The lowest BCUT2D eigenvalue weighted by molar-refractivity contribution is -0.146. The van der Waals surface area contributed by atoms with Gasteiger partial charge in [-0.2, -0.15) is 0 Å². The molecule has 320 valence electrons. The van der Waals surface area contributed by atoms with E-state index in [0.29, 0.717) is 37.8 Å². The number of ether oxygens (including phenoxy) is 4. The molecule has 0 fully saturated rings. The fraction of sp³-hybridized carbons (Fsp3) is 0.373. The summed E-state index contributed by atoms with van der Waals surface area (Å²) in [5.74, 6) is 4.53. The molecule has 10 nitrogen and oxygen atoms in total. The number of carbonyl (C=O) groups is 2. The lowest BCUT2D eigenvalue weighted by Gasteiger charge is -2.18. The predicted octanol–water partition coefficient (Wildman–Crippen LogP) is 10.9. The predicted molar refractivity (Wildman–Crippen MR) is 236 cm³/mol. The number of benzene rings is 4. The van der Waals surface area contributed by atoms with Crippen molar-refractivity contribution in [1.29, 1.82) is 0 Å². The molecule has 0 bridgehead atoms. The highest BCUT2D eigenvalue weighted by Gasteiger charge is 2.33. The Morgan fingerprint density at radius 1 is 0.623 bits per heavy atom. The van der Waals surface area contributed by atoms with Crippen LogP contribution in [0.25, 0.3) is 22.9 Å². The number of aromatic nitrogens is 2. The van der Waals surface area contributed by atoms with E-state index in [1.807, 2.05) is 100 Å². The Bertz CT molecular complexity index is 2220. The Morgan fingerprint density at radius 3 is 1.39 bits per heavy atom. The average molecular weight is 827 g/mol. The first-order chi connectivity index (χ1) is 29.1. The molecule has 0 N–H and O–H groups in total. The number of hydrogen-bond donors (Lipinski definition) is 0. The molecule has 4 aromatic carbocycles. The number of methoxy groups -OCH3 is 2. The smallest absolute Gasteiger partial charge is 0.308 e. The third kappa shape index (κ3) is 10.4. The second-order valence-electron chi connectivity index (χ2n) is 15.6. The van der Waals surface area contributed by atoms with Gasteiger partial charge in [-0.25, -0.2) is 9.97 Å². The van der Waals surface area contributed by atoms with E-state index in [1.54, 1.807) is 0 Å². The highest BCUT2D eigenvalue weighted by atomic mass is 16.5. The van der Waals surface area contributed by atoms with Gasteiger partial charge in [0.25, 0.3) is 0 Å². The molecule has 6 aromatic rings. The molecule has 0 aliphatic heterocycles. The van der Waals surface area contributed by atoms with Crippen LogP contribution in [-0.4, -0.2) is 49.3 Å². The number of hydrogen-bond acceptors (Lipinski definition) is 10. The van der Waals surface area contributed by atoms with Crippen molar-refractivity contribution in [1.82, 2.24) is 9.97 Å². The number of oxazole rings is 2. The molecule has 61 heavy (non-hydrogen) atoms. The molecule has 2 heterocycles. The summed E-state index contributed by atoms with van der Waals surface area (Å²) in [6, 6.07) is 32.2. The van der Waals surface area contributed by atoms with Crippen LogP contribution in [0.2, 0.25) is 0 Å². The van der Waals surface area contributed by atoms with Crippen LogP contribution in [0.3, 0.4) is 0 Å². The van der Waals surface area contributed by atoms with Crippen LogP contribution >= 0.6 is 0 Å². The van der Waals surface area contributed by atoms with E-state index in [4.69, 9.17) is 27.8 Å². The van der Waals surface area contributed by atoms with Crippen molar-refractivity contribution in [3.8, 4) is 34.4 Å². The SMILES string of the molecule is C.COC(=O)[C@@H](C)[C@@H]1CCc2cc(OCCc3nc(-c4ccccc4)oc3C)ccc21.COC(=O)[C@H](C)[C@H]1CCc2cc(OCCc3nc(-c4ccccc4)oc3C)ccc21.